The van der Waals surface area contributed by atoms with Gasteiger partial charge in [-0.1, -0.05) is 30.9 Å². The number of hydrogen-bond acceptors (Lipinski definition) is 3. The van der Waals surface area contributed by atoms with Gasteiger partial charge >= 0.3 is 5.97 Å². The van der Waals surface area contributed by atoms with Crippen molar-refractivity contribution in [2.45, 2.75) is 25.8 Å². The number of likely N-dealkylation sites (tertiary alicyclic amines) is 1. The molecule has 0 N–H and O–H groups in total. The zero-order valence-electron chi connectivity index (χ0n) is 10.9. The second kappa shape index (κ2) is 6.79. The van der Waals surface area contributed by atoms with Crippen LogP contribution in [0.4, 0.5) is 0 Å². The molecule has 0 radical (unpaired) electrons. The zero-order valence-corrected chi connectivity index (χ0v) is 10.9. The molecule has 1 fully saturated rings. The Morgan fingerprint density at radius 3 is 2.72 bits per heavy atom. The second-order valence-electron chi connectivity index (χ2n) is 4.04. The summed E-state index contributed by atoms with van der Waals surface area (Å²) in [4.78, 5) is 25.5. The normalized spacial score (nSPS) is 20.2. The van der Waals surface area contributed by atoms with Crippen LogP contribution in [0.15, 0.2) is 36.5 Å². The molecule has 1 aliphatic rings. The van der Waals surface area contributed by atoms with Crippen LogP contribution in [0.5, 0.6) is 0 Å². The first-order valence-corrected chi connectivity index (χ1v) is 6.00. The van der Waals surface area contributed by atoms with Crippen LogP contribution in [0.1, 0.15) is 19.8 Å². The van der Waals surface area contributed by atoms with Crippen molar-refractivity contribution in [3.63, 3.8) is 0 Å². The van der Waals surface area contributed by atoms with Gasteiger partial charge in [-0.2, -0.15) is 0 Å². The highest BCUT2D eigenvalue weighted by Crippen LogP contribution is 2.21. The first kappa shape index (κ1) is 14.2. The lowest BCUT2D eigenvalue weighted by Gasteiger charge is -2.23. The molecule has 1 saturated heterocycles. The summed E-state index contributed by atoms with van der Waals surface area (Å²) < 4.78 is 4.72. The van der Waals surface area contributed by atoms with Crippen molar-refractivity contribution in [2.24, 2.45) is 0 Å². The van der Waals surface area contributed by atoms with Crippen molar-refractivity contribution in [1.82, 2.24) is 4.90 Å². The van der Waals surface area contributed by atoms with E-state index >= 15 is 0 Å². The van der Waals surface area contributed by atoms with Crippen molar-refractivity contribution in [1.29, 1.82) is 0 Å². The number of ether oxygens (including phenoxy) is 1. The van der Waals surface area contributed by atoms with Gasteiger partial charge < -0.3 is 9.64 Å². The maximum absolute atomic E-state index is 12.3. The number of carbonyl (C=O) groups excluding carboxylic acids is 2. The number of nitrogens with zero attached hydrogens (tertiary/aromatic N) is 1. The summed E-state index contributed by atoms with van der Waals surface area (Å²) in [5.41, 5.74) is 0.531. The molecule has 0 spiro atoms. The number of hydrogen-bond donors (Lipinski definition) is 0. The average molecular weight is 249 g/mol. The van der Waals surface area contributed by atoms with Gasteiger partial charge in [-0.05, 0) is 19.8 Å². The minimum atomic E-state index is -0.457. The van der Waals surface area contributed by atoms with Crippen molar-refractivity contribution in [3.05, 3.63) is 36.5 Å². The molecular formula is C14H19NO3. The second-order valence-corrected chi connectivity index (χ2v) is 4.04. The molecule has 0 aromatic carbocycles. The Labute approximate surface area is 108 Å². The fourth-order valence-corrected chi connectivity index (χ4v) is 2.06. The van der Waals surface area contributed by atoms with E-state index in [0.717, 1.165) is 6.42 Å². The lowest BCUT2D eigenvalue weighted by Crippen LogP contribution is -2.41. The third-order valence-corrected chi connectivity index (χ3v) is 2.88. The largest absolute Gasteiger partial charge is 0.467 e. The summed E-state index contributed by atoms with van der Waals surface area (Å²) in [5, 5.41) is 0. The molecule has 0 unspecified atom stereocenters. The quantitative estimate of drug-likeness (QED) is 0.434. The van der Waals surface area contributed by atoms with E-state index in [9.17, 15) is 9.59 Å². The Morgan fingerprint density at radius 2 is 2.17 bits per heavy atom. The Morgan fingerprint density at radius 1 is 1.44 bits per heavy atom. The Hall–Kier alpha value is -1.84. The summed E-state index contributed by atoms with van der Waals surface area (Å²) >= 11 is 0. The van der Waals surface area contributed by atoms with Crippen LogP contribution in [0.25, 0.3) is 0 Å². The molecule has 4 heteroatoms. The Bertz CT molecular complexity index is 396. The number of carbonyl (C=O) groups is 2. The van der Waals surface area contributed by atoms with Crippen molar-refractivity contribution >= 4 is 11.9 Å². The van der Waals surface area contributed by atoms with Gasteiger partial charge in [0.15, 0.2) is 0 Å². The third-order valence-electron chi connectivity index (χ3n) is 2.88. The van der Waals surface area contributed by atoms with Crippen molar-refractivity contribution < 1.29 is 14.3 Å². The standard InChI is InChI=1S/C14H19NO3/c1-4-7-11(8-5-2)13(16)15-10-6-9-12(15)14(17)18-3/h4-5,7-8,12H,1,6,9-10H2,2-3H3/b8-5-,11-7+/t12-/m0/s1. The number of allylic oxidation sites excluding steroid dienone is 3. The van der Waals surface area contributed by atoms with Gasteiger partial charge in [-0.3, -0.25) is 4.79 Å². The molecule has 1 amide bonds. The van der Waals surface area contributed by atoms with Gasteiger partial charge in [0.1, 0.15) is 6.04 Å². The maximum Gasteiger partial charge on any atom is 0.328 e. The molecule has 0 saturated carbocycles. The molecule has 0 aliphatic carbocycles. The van der Waals surface area contributed by atoms with Crippen LogP contribution in [0, 0.1) is 0 Å². The molecule has 1 rings (SSSR count). The Kier molecular flexibility index (Phi) is 5.36. The van der Waals surface area contributed by atoms with E-state index < -0.39 is 6.04 Å². The van der Waals surface area contributed by atoms with Crippen molar-refractivity contribution in [3.8, 4) is 0 Å². The lowest BCUT2D eigenvalue weighted by atomic mass is 10.1. The van der Waals surface area contributed by atoms with Crippen LogP contribution in [-0.2, 0) is 14.3 Å². The smallest absolute Gasteiger partial charge is 0.328 e. The fraction of sp³-hybridized carbons (Fsp3) is 0.429. The zero-order chi connectivity index (χ0) is 13.5. The maximum atomic E-state index is 12.3. The first-order valence-electron chi connectivity index (χ1n) is 6.00. The van der Waals surface area contributed by atoms with E-state index in [2.05, 4.69) is 6.58 Å². The van der Waals surface area contributed by atoms with Crippen LogP contribution < -0.4 is 0 Å². The van der Waals surface area contributed by atoms with E-state index in [-0.39, 0.29) is 11.9 Å². The highest BCUT2D eigenvalue weighted by Gasteiger charge is 2.35. The molecule has 98 valence electrons. The summed E-state index contributed by atoms with van der Waals surface area (Å²) in [5.74, 6) is -0.500. The van der Waals surface area contributed by atoms with Gasteiger partial charge in [0.05, 0.1) is 7.11 Å². The minimum Gasteiger partial charge on any atom is -0.467 e. The molecule has 1 aliphatic heterocycles. The van der Waals surface area contributed by atoms with Crippen LogP contribution in [0.3, 0.4) is 0 Å². The molecule has 1 atom stereocenters. The fourth-order valence-electron chi connectivity index (χ4n) is 2.06. The van der Waals surface area contributed by atoms with E-state index in [0.29, 0.717) is 18.5 Å². The number of methoxy groups -OCH3 is 1. The predicted molar refractivity (Wildman–Crippen MR) is 69.8 cm³/mol. The molecule has 4 nitrogen and oxygen atoms in total. The monoisotopic (exact) mass is 249 g/mol. The van der Waals surface area contributed by atoms with E-state index in [1.165, 1.54) is 7.11 Å². The highest BCUT2D eigenvalue weighted by atomic mass is 16.5. The molecular weight excluding hydrogens is 230 g/mol. The molecule has 0 aromatic heterocycles. The number of amides is 1. The van der Waals surface area contributed by atoms with Crippen molar-refractivity contribution in [2.75, 3.05) is 13.7 Å². The number of esters is 1. The molecule has 0 aromatic rings. The summed E-state index contributed by atoms with van der Waals surface area (Å²) in [6.07, 6.45) is 8.21. The van der Waals surface area contributed by atoms with Crippen LogP contribution in [-0.4, -0.2) is 36.5 Å². The average Bonchev–Trinajstić information content (AvgIpc) is 2.86. The number of rotatable bonds is 4. The van der Waals surface area contributed by atoms with E-state index in [1.807, 2.05) is 6.92 Å². The predicted octanol–water partition coefficient (Wildman–Crippen LogP) is 1.84. The Balaban J connectivity index is 2.91. The molecule has 18 heavy (non-hydrogen) atoms. The molecule has 0 bridgehead atoms. The lowest BCUT2D eigenvalue weighted by molar-refractivity contribution is -0.149. The van der Waals surface area contributed by atoms with Gasteiger partial charge in [-0.25, -0.2) is 4.79 Å². The summed E-state index contributed by atoms with van der Waals surface area (Å²) in [6, 6.07) is -0.457. The molecule has 1 heterocycles. The summed E-state index contributed by atoms with van der Waals surface area (Å²) in [6.45, 7) is 6.02. The van der Waals surface area contributed by atoms with Gasteiger partial charge in [0.2, 0.25) is 0 Å². The minimum absolute atomic E-state index is 0.152. The van der Waals surface area contributed by atoms with Crippen LogP contribution in [0.2, 0.25) is 0 Å². The van der Waals surface area contributed by atoms with E-state index in [4.69, 9.17) is 4.74 Å². The third kappa shape index (κ3) is 3.09. The van der Waals surface area contributed by atoms with Gasteiger partial charge in [0, 0.05) is 12.1 Å². The summed E-state index contributed by atoms with van der Waals surface area (Å²) in [7, 11) is 1.34. The SMILES string of the molecule is C=C/C=C(\C=C/C)C(=O)N1CCC[C@H]1C(=O)OC. The highest BCUT2D eigenvalue weighted by molar-refractivity contribution is 5.99. The van der Waals surface area contributed by atoms with Gasteiger partial charge in [0.25, 0.3) is 5.91 Å². The first-order chi connectivity index (χ1) is 8.65. The topological polar surface area (TPSA) is 46.6 Å². The van der Waals surface area contributed by atoms with E-state index in [1.54, 1.807) is 29.2 Å². The van der Waals surface area contributed by atoms with Gasteiger partial charge in [-0.15, -0.1) is 0 Å². The van der Waals surface area contributed by atoms with Crippen LogP contribution >= 0.6 is 0 Å².